The first-order valence-corrected chi connectivity index (χ1v) is 8.19. The average molecular weight is 306 g/mol. The molecule has 1 aliphatic heterocycles. The van der Waals surface area contributed by atoms with Crippen LogP contribution in [0.1, 0.15) is 38.6 Å². The van der Waals surface area contributed by atoms with Gasteiger partial charge in [0, 0.05) is 39.3 Å². The molecule has 0 aromatic carbocycles. The number of urea groups is 1. The van der Waals surface area contributed by atoms with Gasteiger partial charge in [-0.2, -0.15) is 0 Å². The van der Waals surface area contributed by atoms with Crippen molar-refractivity contribution < 1.29 is 4.79 Å². The highest BCUT2D eigenvalue weighted by molar-refractivity contribution is 5.74. The Bertz CT molecular complexity index is 516. The smallest absolute Gasteiger partial charge is 0.318 e. The Balaban J connectivity index is 1.58. The number of amides is 2. The van der Waals surface area contributed by atoms with Crippen molar-refractivity contribution in [2.75, 3.05) is 26.2 Å². The molecule has 1 aliphatic carbocycles. The zero-order valence-corrected chi connectivity index (χ0v) is 13.7. The van der Waals surface area contributed by atoms with E-state index >= 15 is 0 Å². The molecule has 7 heteroatoms. The number of hydrogen-bond acceptors (Lipinski definition) is 4. The van der Waals surface area contributed by atoms with E-state index in [2.05, 4.69) is 34.3 Å². The van der Waals surface area contributed by atoms with E-state index in [0.29, 0.717) is 0 Å². The minimum absolute atomic E-state index is 0.0112. The molecule has 1 unspecified atom stereocenters. The van der Waals surface area contributed by atoms with Crippen molar-refractivity contribution in [3.8, 4) is 0 Å². The van der Waals surface area contributed by atoms with E-state index in [9.17, 15) is 4.79 Å². The molecule has 1 aromatic rings. The number of rotatable bonds is 4. The van der Waals surface area contributed by atoms with Gasteiger partial charge in [0.25, 0.3) is 0 Å². The molecule has 0 radical (unpaired) electrons. The van der Waals surface area contributed by atoms with Crippen LogP contribution in [0.2, 0.25) is 0 Å². The zero-order valence-electron chi connectivity index (χ0n) is 13.7. The first-order valence-electron chi connectivity index (χ1n) is 8.19. The standard InChI is InChI=1S/C15H26N6O/c1-11(2)13(14-18-16-10-19(14)3)17-15(22)21-8-6-20(7-9-21)12-4-5-12/h10-13H,4-9H2,1-3H3,(H,17,22). The van der Waals surface area contributed by atoms with Gasteiger partial charge in [0.15, 0.2) is 5.82 Å². The van der Waals surface area contributed by atoms with Crippen LogP contribution >= 0.6 is 0 Å². The van der Waals surface area contributed by atoms with Crippen molar-refractivity contribution in [2.24, 2.45) is 13.0 Å². The number of nitrogens with zero attached hydrogens (tertiary/aromatic N) is 5. The third kappa shape index (κ3) is 3.24. The number of aromatic nitrogens is 3. The molecule has 1 saturated carbocycles. The average Bonchev–Trinajstić information content (AvgIpc) is 3.27. The molecule has 1 N–H and O–H groups in total. The molecule has 7 nitrogen and oxygen atoms in total. The highest BCUT2D eigenvalue weighted by Crippen LogP contribution is 2.27. The molecular weight excluding hydrogens is 280 g/mol. The van der Waals surface area contributed by atoms with E-state index < -0.39 is 0 Å². The van der Waals surface area contributed by atoms with Crippen LogP contribution in [0.15, 0.2) is 6.33 Å². The molecule has 2 amide bonds. The third-order valence-corrected chi connectivity index (χ3v) is 4.63. The van der Waals surface area contributed by atoms with Crippen LogP contribution < -0.4 is 5.32 Å². The van der Waals surface area contributed by atoms with E-state index in [0.717, 1.165) is 38.0 Å². The van der Waals surface area contributed by atoms with Gasteiger partial charge in [0.2, 0.25) is 0 Å². The summed E-state index contributed by atoms with van der Waals surface area (Å²) < 4.78 is 1.87. The molecule has 1 aromatic heterocycles. The zero-order chi connectivity index (χ0) is 15.7. The second-order valence-corrected chi connectivity index (χ2v) is 6.73. The van der Waals surface area contributed by atoms with Crippen molar-refractivity contribution in [3.05, 3.63) is 12.2 Å². The SMILES string of the molecule is CC(C)C(NC(=O)N1CCN(C2CC2)CC1)c1nncn1C. The maximum absolute atomic E-state index is 12.6. The molecule has 1 atom stereocenters. The number of aryl methyl sites for hydroxylation is 1. The molecule has 122 valence electrons. The van der Waals surface area contributed by atoms with Crippen LogP contribution in [-0.2, 0) is 7.05 Å². The molecule has 22 heavy (non-hydrogen) atoms. The van der Waals surface area contributed by atoms with E-state index in [1.54, 1.807) is 6.33 Å². The Kier molecular flexibility index (Phi) is 4.33. The van der Waals surface area contributed by atoms with Gasteiger partial charge in [-0.25, -0.2) is 4.79 Å². The van der Waals surface area contributed by atoms with E-state index in [1.165, 1.54) is 12.8 Å². The normalized spacial score (nSPS) is 21.2. The van der Waals surface area contributed by atoms with E-state index in [4.69, 9.17) is 0 Å². The fourth-order valence-corrected chi connectivity index (χ4v) is 3.06. The Morgan fingerprint density at radius 1 is 1.27 bits per heavy atom. The molecule has 3 rings (SSSR count). The quantitative estimate of drug-likeness (QED) is 0.901. The highest BCUT2D eigenvalue weighted by atomic mass is 16.2. The fraction of sp³-hybridized carbons (Fsp3) is 0.800. The largest absolute Gasteiger partial charge is 0.328 e. The van der Waals surface area contributed by atoms with Crippen molar-refractivity contribution in [1.82, 2.24) is 29.9 Å². The second kappa shape index (κ2) is 6.24. The van der Waals surface area contributed by atoms with Crippen molar-refractivity contribution in [1.29, 1.82) is 0 Å². The number of piperazine rings is 1. The fourth-order valence-electron chi connectivity index (χ4n) is 3.06. The van der Waals surface area contributed by atoms with Gasteiger partial charge in [-0.3, -0.25) is 4.90 Å². The molecule has 0 bridgehead atoms. The number of carbonyl (C=O) groups is 1. The van der Waals surface area contributed by atoms with Crippen LogP contribution in [0.25, 0.3) is 0 Å². The molecule has 2 fully saturated rings. The van der Waals surface area contributed by atoms with Crippen molar-refractivity contribution in [2.45, 2.75) is 38.8 Å². The van der Waals surface area contributed by atoms with Gasteiger partial charge in [-0.1, -0.05) is 13.8 Å². The monoisotopic (exact) mass is 306 g/mol. The third-order valence-electron chi connectivity index (χ3n) is 4.63. The van der Waals surface area contributed by atoms with Crippen LogP contribution in [0.3, 0.4) is 0 Å². The Labute approximate surface area is 131 Å². The van der Waals surface area contributed by atoms with Crippen molar-refractivity contribution in [3.63, 3.8) is 0 Å². The lowest BCUT2D eigenvalue weighted by Gasteiger charge is -2.36. The summed E-state index contributed by atoms with van der Waals surface area (Å²) in [5.74, 6) is 1.07. The topological polar surface area (TPSA) is 66.3 Å². The Morgan fingerprint density at radius 2 is 1.95 bits per heavy atom. The predicted octanol–water partition coefficient (Wildman–Crippen LogP) is 1.00. The summed E-state index contributed by atoms with van der Waals surface area (Å²) in [4.78, 5) is 17.0. The van der Waals surface area contributed by atoms with Gasteiger partial charge in [0.05, 0.1) is 6.04 Å². The molecule has 1 saturated heterocycles. The highest BCUT2D eigenvalue weighted by Gasteiger charge is 2.33. The van der Waals surface area contributed by atoms with E-state index in [1.807, 2.05) is 16.5 Å². The molecule has 2 aliphatic rings. The van der Waals surface area contributed by atoms with E-state index in [-0.39, 0.29) is 18.0 Å². The summed E-state index contributed by atoms with van der Waals surface area (Å²) in [5, 5.41) is 11.2. The summed E-state index contributed by atoms with van der Waals surface area (Å²) in [7, 11) is 1.91. The van der Waals surface area contributed by atoms with Gasteiger partial charge >= 0.3 is 6.03 Å². The first-order chi connectivity index (χ1) is 10.6. The summed E-state index contributed by atoms with van der Waals surface area (Å²) >= 11 is 0. The summed E-state index contributed by atoms with van der Waals surface area (Å²) in [6, 6.07) is 0.686. The molecule has 0 spiro atoms. The lowest BCUT2D eigenvalue weighted by atomic mass is 10.0. The maximum Gasteiger partial charge on any atom is 0.318 e. The minimum atomic E-state index is -0.110. The Morgan fingerprint density at radius 3 is 2.45 bits per heavy atom. The predicted molar refractivity (Wildman–Crippen MR) is 83.3 cm³/mol. The molecule has 2 heterocycles. The second-order valence-electron chi connectivity index (χ2n) is 6.73. The molecular formula is C15H26N6O. The summed E-state index contributed by atoms with van der Waals surface area (Å²) in [5.41, 5.74) is 0. The van der Waals surface area contributed by atoms with Crippen molar-refractivity contribution >= 4 is 6.03 Å². The van der Waals surface area contributed by atoms with Crippen LogP contribution in [0, 0.1) is 5.92 Å². The number of hydrogen-bond donors (Lipinski definition) is 1. The van der Waals surface area contributed by atoms with Crippen LogP contribution in [-0.4, -0.2) is 62.8 Å². The number of carbonyl (C=O) groups excluding carboxylic acids is 1. The van der Waals surface area contributed by atoms with Gasteiger partial charge in [-0.15, -0.1) is 10.2 Å². The lowest BCUT2D eigenvalue weighted by molar-refractivity contribution is 0.130. The van der Waals surface area contributed by atoms with Gasteiger partial charge in [-0.05, 0) is 18.8 Å². The van der Waals surface area contributed by atoms with Gasteiger partial charge < -0.3 is 14.8 Å². The lowest BCUT2D eigenvalue weighted by Crippen LogP contribution is -2.53. The first kappa shape index (κ1) is 15.3. The minimum Gasteiger partial charge on any atom is -0.328 e. The summed E-state index contributed by atoms with van der Waals surface area (Å²) in [6.45, 7) is 7.79. The Hall–Kier alpha value is -1.63. The van der Waals surface area contributed by atoms with Crippen LogP contribution in [0.5, 0.6) is 0 Å². The maximum atomic E-state index is 12.6. The van der Waals surface area contributed by atoms with Crippen LogP contribution in [0.4, 0.5) is 4.79 Å². The van der Waals surface area contributed by atoms with Gasteiger partial charge in [0.1, 0.15) is 6.33 Å². The number of nitrogens with one attached hydrogen (secondary N) is 1. The summed E-state index contributed by atoms with van der Waals surface area (Å²) in [6.07, 6.45) is 4.33.